The van der Waals surface area contributed by atoms with Crippen molar-refractivity contribution in [3.63, 3.8) is 0 Å². The van der Waals surface area contributed by atoms with E-state index in [2.05, 4.69) is 27.3 Å². The van der Waals surface area contributed by atoms with Gasteiger partial charge in [0.15, 0.2) is 0 Å². The Bertz CT molecular complexity index is 866. The Hall–Kier alpha value is -2.85. The van der Waals surface area contributed by atoms with E-state index in [1.807, 2.05) is 49.5 Å². The van der Waals surface area contributed by atoms with Crippen LogP contribution in [0.1, 0.15) is 21.6 Å². The number of halogens is 1. The standard InChI is InChI=1S/C21H20ClN3O/c1-25(15-16-7-3-2-4-8-16)18-11-12-20(23-14-18)21(26)24-13-17-9-5-6-10-19(17)22/h2-12,14H,13,15H2,1H3,(H,24,26). The first kappa shape index (κ1) is 18.0. The van der Waals surface area contributed by atoms with E-state index in [0.29, 0.717) is 17.3 Å². The Kier molecular flexibility index (Phi) is 5.87. The summed E-state index contributed by atoms with van der Waals surface area (Å²) >= 11 is 6.10. The van der Waals surface area contributed by atoms with Crippen LogP contribution in [0.2, 0.25) is 5.02 Å². The fourth-order valence-corrected chi connectivity index (χ4v) is 2.81. The molecule has 5 heteroatoms. The fraction of sp³-hybridized carbons (Fsp3) is 0.143. The summed E-state index contributed by atoms with van der Waals surface area (Å²) in [4.78, 5) is 18.7. The lowest BCUT2D eigenvalue weighted by molar-refractivity contribution is 0.0946. The number of nitrogens with one attached hydrogen (secondary N) is 1. The third-order valence-electron chi connectivity index (χ3n) is 4.08. The number of pyridine rings is 1. The molecule has 132 valence electrons. The molecule has 1 aromatic heterocycles. The molecule has 3 rings (SSSR count). The molecule has 3 aromatic rings. The van der Waals surface area contributed by atoms with Gasteiger partial charge in [-0.25, -0.2) is 4.98 Å². The second-order valence-electron chi connectivity index (χ2n) is 6.02. The van der Waals surface area contributed by atoms with E-state index in [4.69, 9.17) is 11.6 Å². The van der Waals surface area contributed by atoms with Gasteiger partial charge in [0.25, 0.3) is 5.91 Å². The summed E-state index contributed by atoms with van der Waals surface area (Å²) in [6.45, 7) is 1.15. The van der Waals surface area contributed by atoms with Crippen molar-refractivity contribution in [2.45, 2.75) is 13.1 Å². The van der Waals surface area contributed by atoms with Gasteiger partial charge in [-0.2, -0.15) is 0 Å². The van der Waals surface area contributed by atoms with Gasteiger partial charge in [0.05, 0.1) is 11.9 Å². The maximum atomic E-state index is 12.3. The van der Waals surface area contributed by atoms with E-state index in [1.54, 1.807) is 18.3 Å². The minimum atomic E-state index is -0.220. The molecule has 0 spiro atoms. The molecule has 1 amide bonds. The number of carbonyl (C=O) groups is 1. The first-order chi connectivity index (χ1) is 12.6. The molecule has 0 aliphatic rings. The number of carbonyl (C=O) groups excluding carboxylic acids is 1. The first-order valence-electron chi connectivity index (χ1n) is 8.36. The summed E-state index contributed by atoms with van der Waals surface area (Å²) in [5.74, 6) is -0.220. The minimum absolute atomic E-state index is 0.220. The number of rotatable bonds is 6. The smallest absolute Gasteiger partial charge is 0.270 e. The third-order valence-corrected chi connectivity index (χ3v) is 4.45. The Morgan fingerprint density at radius 2 is 1.77 bits per heavy atom. The van der Waals surface area contributed by atoms with E-state index >= 15 is 0 Å². The molecule has 2 aromatic carbocycles. The van der Waals surface area contributed by atoms with Crippen LogP contribution in [0, 0.1) is 0 Å². The van der Waals surface area contributed by atoms with Crippen molar-refractivity contribution in [2.75, 3.05) is 11.9 Å². The van der Waals surface area contributed by atoms with E-state index in [1.165, 1.54) is 5.56 Å². The molecule has 0 atom stereocenters. The van der Waals surface area contributed by atoms with Crippen LogP contribution >= 0.6 is 11.6 Å². The summed E-state index contributed by atoms with van der Waals surface area (Å²) < 4.78 is 0. The van der Waals surface area contributed by atoms with Crippen molar-refractivity contribution < 1.29 is 4.79 Å². The third kappa shape index (κ3) is 4.61. The van der Waals surface area contributed by atoms with Gasteiger partial charge in [-0.15, -0.1) is 0 Å². The molecule has 0 bridgehead atoms. The van der Waals surface area contributed by atoms with Gasteiger partial charge in [0.1, 0.15) is 5.69 Å². The van der Waals surface area contributed by atoms with Crippen molar-refractivity contribution in [1.29, 1.82) is 0 Å². The average molecular weight is 366 g/mol. The van der Waals surface area contributed by atoms with E-state index in [0.717, 1.165) is 17.8 Å². The highest BCUT2D eigenvalue weighted by Crippen LogP contribution is 2.16. The largest absolute Gasteiger partial charge is 0.369 e. The molecule has 0 fully saturated rings. The Labute approximate surface area is 158 Å². The van der Waals surface area contributed by atoms with Gasteiger partial charge in [-0.3, -0.25) is 4.79 Å². The lowest BCUT2D eigenvalue weighted by Gasteiger charge is -2.19. The maximum Gasteiger partial charge on any atom is 0.270 e. The molecular formula is C21H20ClN3O. The van der Waals surface area contributed by atoms with Crippen molar-refractivity contribution in [3.05, 3.63) is 94.8 Å². The van der Waals surface area contributed by atoms with Gasteiger partial charge in [-0.05, 0) is 29.3 Å². The predicted molar refractivity (Wildman–Crippen MR) is 105 cm³/mol. The van der Waals surface area contributed by atoms with Crippen LogP contribution in [-0.2, 0) is 13.1 Å². The molecule has 0 aliphatic carbocycles. The Morgan fingerprint density at radius 1 is 1.04 bits per heavy atom. The number of benzene rings is 2. The monoisotopic (exact) mass is 365 g/mol. The van der Waals surface area contributed by atoms with Gasteiger partial charge in [0, 0.05) is 25.2 Å². The maximum absolute atomic E-state index is 12.3. The molecule has 0 saturated carbocycles. The topological polar surface area (TPSA) is 45.2 Å². The van der Waals surface area contributed by atoms with Gasteiger partial charge < -0.3 is 10.2 Å². The molecular weight excluding hydrogens is 346 g/mol. The number of hydrogen-bond donors (Lipinski definition) is 1. The number of nitrogens with zero attached hydrogens (tertiary/aromatic N) is 2. The summed E-state index contributed by atoms with van der Waals surface area (Å²) in [6, 6.07) is 21.3. The van der Waals surface area contributed by atoms with Crippen molar-refractivity contribution in [2.24, 2.45) is 0 Å². The van der Waals surface area contributed by atoms with Gasteiger partial charge >= 0.3 is 0 Å². The highest BCUT2D eigenvalue weighted by molar-refractivity contribution is 6.31. The van der Waals surface area contributed by atoms with Crippen LogP contribution in [0.3, 0.4) is 0 Å². The average Bonchev–Trinajstić information content (AvgIpc) is 2.68. The zero-order chi connectivity index (χ0) is 18.4. The lowest BCUT2D eigenvalue weighted by Crippen LogP contribution is -2.24. The second kappa shape index (κ2) is 8.50. The highest BCUT2D eigenvalue weighted by atomic mass is 35.5. The molecule has 4 nitrogen and oxygen atoms in total. The van der Waals surface area contributed by atoms with Crippen molar-refractivity contribution in [1.82, 2.24) is 10.3 Å². The summed E-state index contributed by atoms with van der Waals surface area (Å²) in [7, 11) is 2.00. The number of aromatic nitrogens is 1. The zero-order valence-corrected chi connectivity index (χ0v) is 15.3. The normalized spacial score (nSPS) is 10.4. The lowest BCUT2D eigenvalue weighted by atomic mass is 10.2. The quantitative estimate of drug-likeness (QED) is 0.708. The van der Waals surface area contributed by atoms with Crippen LogP contribution in [-0.4, -0.2) is 17.9 Å². The highest BCUT2D eigenvalue weighted by Gasteiger charge is 2.09. The molecule has 0 saturated heterocycles. The minimum Gasteiger partial charge on any atom is -0.369 e. The van der Waals surface area contributed by atoms with Gasteiger partial charge in [-0.1, -0.05) is 60.1 Å². The van der Waals surface area contributed by atoms with E-state index < -0.39 is 0 Å². The van der Waals surface area contributed by atoms with E-state index in [-0.39, 0.29) is 5.91 Å². The van der Waals surface area contributed by atoms with Crippen LogP contribution in [0.15, 0.2) is 72.9 Å². The summed E-state index contributed by atoms with van der Waals surface area (Å²) in [5.41, 5.74) is 3.43. The van der Waals surface area contributed by atoms with Crippen LogP contribution in [0.5, 0.6) is 0 Å². The predicted octanol–water partition coefficient (Wildman–Crippen LogP) is 4.30. The number of amides is 1. The molecule has 0 aliphatic heterocycles. The molecule has 0 radical (unpaired) electrons. The SMILES string of the molecule is CN(Cc1ccccc1)c1ccc(C(=O)NCc2ccccc2Cl)nc1. The molecule has 1 heterocycles. The Morgan fingerprint density at radius 3 is 2.46 bits per heavy atom. The Balaban J connectivity index is 1.60. The van der Waals surface area contributed by atoms with Gasteiger partial charge in [0.2, 0.25) is 0 Å². The molecule has 26 heavy (non-hydrogen) atoms. The second-order valence-corrected chi connectivity index (χ2v) is 6.42. The number of hydrogen-bond acceptors (Lipinski definition) is 3. The molecule has 0 unspecified atom stereocenters. The van der Waals surface area contributed by atoms with Crippen LogP contribution in [0.25, 0.3) is 0 Å². The van der Waals surface area contributed by atoms with Crippen molar-refractivity contribution in [3.8, 4) is 0 Å². The molecule has 1 N–H and O–H groups in total. The number of anilines is 1. The summed E-state index contributed by atoms with van der Waals surface area (Å²) in [6.07, 6.45) is 1.72. The van der Waals surface area contributed by atoms with Crippen LogP contribution < -0.4 is 10.2 Å². The first-order valence-corrected chi connectivity index (χ1v) is 8.74. The van der Waals surface area contributed by atoms with Crippen LogP contribution in [0.4, 0.5) is 5.69 Å². The summed E-state index contributed by atoms with van der Waals surface area (Å²) in [5, 5.41) is 3.48. The van der Waals surface area contributed by atoms with E-state index in [9.17, 15) is 4.79 Å². The zero-order valence-electron chi connectivity index (χ0n) is 14.5. The van der Waals surface area contributed by atoms with Crippen molar-refractivity contribution >= 4 is 23.2 Å². The fourth-order valence-electron chi connectivity index (χ4n) is 2.60.